The van der Waals surface area contributed by atoms with Crippen LogP contribution in [0.4, 0.5) is 0 Å². The fourth-order valence-electron chi connectivity index (χ4n) is 0.707. The van der Waals surface area contributed by atoms with Crippen LogP contribution in [-0.2, 0) is 13.3 Å². The summed E-state index contributed by atoms with van der Waals surface area (Å²) in [6.07, 6.45) is 0.717. The van der Waals surface area contributed by atoms with Crippen LogP contribution in [0.15, 0.2) is 0 Å². The zero-order valence-electron chi connectivity index (χ0n) is 5.85. The van der Waals surface area contributed by atoms with E-state index >= 15 is 0 Å². The van der Waals surface area contributed by atoms with E-state index in [1.54, 1.807) is 0 Å². The summed E-state index contributed by atoms with van der Waals surface area (Å²) >= 11 is 0. The van der Waals surface area contributed by atoms with Crippen LogP contribution in [0.1, 0.15) is 13.8 Å². The minimum atomic E-state index is -1.95. The van der Waals surface area contributed by atoms with E-state index in [1.807, 2.05) is 13.8 Å². The summed E-state index contributed by atoms with van der Waals surface area (Å²) in [5, 5.41) is 0. The number of hydrogen-bond acceptors (Lipinski definition) is 3. The number of hydrogen-bond donors (Lipinski definition) is 0. The van der Waals surface area contributed by atoms with Crippen LogP contribution in [0.2, 0.25) is 0 Å². The van der Waals surface area contributed by atoms with Crippen molar-refractivity contribution in [2.24, 2.45) is 0 Å². The van der Waals surface area contributed by atoms with Gasteiger partial charge in [-0.25, -0.2) is 0 Å². The molecule has 0 aliphatic carbocycles. The molecule has 0 spiro atoms. The third-order valence-electron chi connectivity index (χ3n) is 1.11. The topological polar surface area (TPSA) is 31.0 Å². The van der Waals surface area contributed by atoms with Crippen LogP contribution >= 0.6 is 0 Å². The molecule has 0 N–H and O–H groups in total. The van der Waals surface area contributed by atoms with E-state index in [0.29, 0.717) is 19.4 Å². The van der Waals surface area contributed by atoms with Gasteiger partial charge >= 0.3 is 8.80 Å². The second-order valence-electron chi connectivity index (χ2n) is 1.84. The molecule has 1 aliphatic heterocycles. The summed E-state index contributed by atoms with van der Waals surface area (Å²) in [7, 11) is -1.95. The lowest BCUT2D eigenvalue weighted by molar-refractivity contribution is 0.175. The van der Waals surface area contributed by atoms with Gasteiger partial charge in [0.2, 0.25) is 0 Å². The highest BCUT2D eigenvalue weighted by Crippen LogP contribution is 2.22. The Hall–Kier alpha value is 0.0969. The highest BCUT2D eigenvalue weighted by atomic mass is 28.4. The first kappa shape index (κ1) is 7.21. The van der Waals surface area contributed by atoms with Gasteiger partial charge in [0.25, 0.3) is 0 Å². The van der Waals surface area contributed by atoms with Crippen molar-refractivity contribution in [1.82, 2.24) is 0 Å². The quantitative estimate of drug-likeness (QED) is 0.431. The molecule has 3 nitrogen and oxygen atoms in total. The molecule has 1 rings (SSSR count). The van der Waals surface area contributed by atoms with Crippen LogP contribution in [0.5, 0.6) is 0 Å². The van der Waals surface area contributed by atoms with Crippen LogP contribution < -0.4 is 0 Å². The van der Waals surface area contributed by atoms with Gasteiger partial charge in [-0.2, -0.15) is 0 Å². The molecule has 0 amide bonds. The molecule has 0 aromatic carbocycles. The molecular formula is C5H12O3Si. The van der Waals surface area contributed by atoms with Crippen LogP contribution in [0.25, 0.3) is 0 Å². The van der Waals surface area contributed by atoms with Gasteiger partial charge in [0.05, 0.1) is 0 Å². The van der Waals surface area contributed by atoms with Gasteiger partial charge in [-0.05, 0) is 13.8 Å². The zero-order valence-corrected chi connectivity index (χ0v) is 6.85. The van der Waals surface area contributed by atoms with Crippen molar-refractivity contribution in [2.45, 2.75) is 13.8 Å². The van der Waals surface area contributed by atoms with Crippen molar-refractivity contribution in [3.05, 3.63) is 0 Å². The highest BCUT2D eigenvalue weighted by Gasteiger charge is 2.55. The molecule has 1 saturated heterocycles. The maximum atomic E-state index is 5.28. The smallest absolute Gasteiger partial charge is 0.372 e. The molecule has 9 heavy (non-hydrogen) atoms. The molecule has 1 fully saturated rings. The third kappa shape index (κ3) is 1.75. The summed E-state index contributed by atoms with van der Waals surface area (Å²) < 4.78 is 15.6. The first-order valence-electron chi connectivity index (χ1n) is 3.25. The zero-order chi connectivity index (χ0) is 6.74. The molecule has 1 heterocycles. The molecule has 0 saturated carbocycles. The molecule has 0 aromatic heterocycles. The first-order valence-corrected chi connectivity index (χ1v) is 5.18. The van der Waals surface area contributed by atoms with Crippen molar-refractivity contribution in [2.75, 3.05) is 19.4 Å². The Bertz CT molecular complexity index is 84.2. The van der Waals surface area contributed by atoms with Crippen LogP contribution in [0.3, 0.4) is 0 Å². The Balaban J connectivity index is 2.17. The van der Waals surface area contributed by atoms with E-state index in [1.165, 1.54) is 0 Å². The summed E-state index contributed by atoms with van der Waals surface area (Å²) in [6, 6.07) is 0. The summed E-state index contributed by atoms with van der Waals surface area (Å²) in [4.78, 5) is 0. The fraction of sp³-hybridized carbons (Fsp3) is 1.00. The van der Waals surface area contributed by atoms with E-state index in [-0.39, 0.29) is 0 Å². The molecule has 1 aliphatic rings. The van der Waals surface area contributed by atoms with Crippen molar-refractivity contribution in [1.29, 1.82) is 0 Å². The molecular weight excluding hydrogens is 136 g/mol. The Morgan fingerprint density at radius 1 is 1.33 bits per heavy atom. The van der Waals surface area contributed by atoms with E-state index in [2.05, 4.69) is 0 Å². The maximum Gasteiger partial charge on any atom is 0.526 e. The largest absolute Gasteiger partial charge is 0.526 e. The summed E-state index contributed by atoms with van der Waals surface area (Å²) in [5.41, 5.74) is 0. The van der Waals surface area contributed by atoms with Gasteiger partial charge in [-0.1, -0.05) is 0 Å². The minimum absolute atomic E-state index is 0.701. The average molecular weight is 148 g/mol. The minimum Gasteiger partial charge on any atom is -0.372 e. The molecule has 4 heteroatoms. The molecule has 0 radical (unpaired) electrons. The summed E-state index contributed by atoms with van der Waals surface area (Å²) in [5.74, 6) is 0. The maximum absolute atomic E-state index is 5.28. The lowest BCUT2D eigenvalue weighted by Gasteiger charge is -2.06. The van der Waals surface area contributed by atoms with Gasteiger partial charge in [0.15, 0.2) is 0 Å². The molecule has 0 unspecified atom stereocenters. The molecule has 54 valence electrons. The Labute approximate surface area is 56.3 Å². The van der Waals surface area contributed by atoms with E-state index in [0.717, 1.165) is 0 Å². The SMILES string of the molecule is CCO[Si]1(OCC)CO1. The second kappa shape index (κ2) is 2.79. The Morgan fingerprint density at radius 2 is 1.78 bits per heavy atom. The third-order valence-corrected chi connectivity index (χ3v) is 3.33. The molecule has 0 bridgehead atoms. The molecule has 0 aromatic rings. The van der Waals surface area contributed by atoms with Gasteiger partial charge in [-0.3, -0.25) is 0 Å². The van der Waals surface area contributed by atoms with Crippen molar-refractivity contribution >= 4 is 8.80 Å². The van der Waals surface area contributed by atoms with Gasteiger partial charge in [-0.15, -0.1) is 0 Å². The van der Waals surface area contributed by atoms with Crippen molar-refractivity contribution < 1.29 is 13.3 Å². The lowest BCUT2D eigenvalue weighted by Crippen LogP contribution is -2.27. The van der Waals surface area contributed by atoms with E-state index in [9.17, 15) is 0 Å². The predicted octanol–water partition coefficient (Wildman–Crippen LogP) is 0.568. The monoisotopic (exact) mass is 148 g/mol. The predicted molar refractivity (Wildman–Crippen MR) is 35.0 cm³/mol. The van der Waals surface area contributed by atoms with Gasteiger partial charge < -0.3 is 13.3 Å². The second-order valence-corrected chi connectivity index (χ2v) is 4.36. The Morgan fingerprint density at radius 3 is 2.00 bits per heavy atom. The summed E-state index contributed by atoms with van der Waals surface area (Å²) in [6.45, 7) is 5.31. The van der Waals surface area contributed by atoms with Crippen LogP contribution in [0, 0.1) is 0 Å². The Kier molecular flexibility index (Phi) is 2.23. The lowest BCUT2D eigenvalue weighted by atomic mass is 10.9. The van der Waals surface area contributed by atoms with Crippen molar-refractivity contribution in [3.63, 3.8) is 0 Å². The number of rotatable bonds is 4. The highest BCUT2D eigenvalue weighted by molar-refractivity contribution is 6.68. The van der Waals surface area contributed by atoms with Crippen molar-refractivity contribution in [3.8, 4) is 0 Å². The van der Waals surface area contributed by atoms with Crippen LogP contribution in [-0.4, -0.2) is 28.2 Å². The molecule has 0 atom stereocenters. The first-order chi connectivity index (χ1) is 4.33. The van der Waals surface area contributed by atoms with E-state index in [4.69, 9.17) is 13.3 Å². The van der Waals surface area contributed by atoms with E-state index < -0.39 is 8.80 Å². The fourth-order valence-corrected chi connectivity index (χ4v) is 2.47. The standard InChI is InChI=1S/C5H12O3Si/c1-3-6-9(5-8-9)7-4-2/h3-5H2,1-2H3. The van der Waals surface area contributed by atoms with Gasteiger partial charge in [0, 0.05) is 13.2 Å². The normalized spacial score (nSPS) is 22.0. The average Bonchev–Trinajstić information content (AvgIpc) is 2.51. The van der Waals surface area contributed by atoms with Gasteiger partial charge in [0.1, 0.15) is 6.23 Å².